The highest BCUT2D eigenvalue weighted by atomic mass is 19.1. The third-order valence-electron chi connectivity index (χ3n) is 4.43. The molecule has 0 bridgehead atoms. The SMILES string of the molecule is CNCCCC(=O)Nc1ccc(F)c(-c2nnc3n2CCCCC3)c1. The summed E-state index contributed by atoms with van der Waals surface area (Å²) in [6, 6.07) is 4.60. The van der Waals surface area contributed by atoms with Gasteiger partial charge in [0, 0.05) is 25.1 Å². The van der Waals surface area contributed by atoms with Gasteiger partial charge in [-0.1, -0.05) is 6.42 Å². The molecule has 2 heterocycles. The summed E-state index contributed by atoms with van der Waals surface area (Å²) in [7, 11) is 1.85. The fraction of sp³-hybridized carbons (Fsp3) is 0.500. The van der Waals surface area contributed by atoms with Crippen LogP contribution in [0.1, 0.15) is 37.9 Å². The Balaban J connectivity index is 1.81. The van der Waals surface area contributed by atoms with Crippen molar-refractivity contribution in [2.24, 2.45) is 0 Å². The van der Waals surface area contributed by atoms with E-state index in [1.54, 1.807) is 12.1 Å². The number of benzene rings is 1. The summed E-state index contributed by atoms with van der Waals surface area (Å²) in [5, 5.41) is 14.3. The van der Waals surface area contributed by atoms with Gasteiger partial charge in [0.25, 0.3) is 0 Å². The van der Waals surface area contributed by atoms with Gasteiger partial charge in [-0.25, -0.2) is 4.39 Å². The molecular weight excluding hydrogens is 321 g/mol. The summed E-state index contributed by atoms with van der Waals surface area (Å²) in [6.45, 7) is 1.59. The van der Waals surface area contributed by atoms with Gasteiger partial charge in [0.15, 0.2) is 5.82 Å². The number of amides is 1. The van der Waals surface area contributed by atoms with Gasteiger partial charge >= 0.3 is 0 Å². The van der Waals surface area contributed by atoms with Crippen LogP contribution in [0, 0.1) is 5.82 Å². The Labute approximate surface area is 146 Å². The van der Waals surface area contributed by atoms with Crippen LogP contribution in [0.15, 0.2) is 18.2 Å². The minimum Gasteiger partial charge on any atom is -0.326 e. The van der Waals surface area contributed by atoms with Gasteiger partial charge in [-0.2, -0.15) is 0 Å². The lowest BCUT2D eigenvalue weighted by Crippen LogP contribution is -2.15. The lowest BCUT2D eigenvalue weighted by atomic mass is 10.1. The monoisotopic (exact) mass is 345 g/mol. The topological polar surface area (TPSA) is 71.8 Å². The van der Waals surface area contributed by atoms with E-state index >= 15 is 0 Å². The lowest BCUT2D eigenvalue weighted by molar-refractivity contribution is -0.116. The first-order chi connectivity index (χ1) is 12.2. The van der Waals surface area contributed by atoms with Gasteiger partial charge in [0.05, 0.1) is 5.56 Å². The molecule has 0 unspecified atom stereocenters. The molecule has 0 spiro atoms. The summed E-state index contributed by atoms with van der Waals surface area (Å²) in [5.41, 5.74) is 0.963. The zero-order valence-electron chi connectivity index (χ0n) is 14.5. The largest absolute Gasteiger partial charge is 0.326 e. The van der Waals surface area contributed by atoms with Crippen LogP contribution in [0.5, 0.6) is 0 Å². The molecule has 0 saturated heterocycles. The summed E-state index contributed by atoms with van der Waals surface area (Å²) < 4.78 is 16.4. The summed E-state index contributed by atoms with van der Waals surface area (Å²) in [5.74, 6) is 1.02. The zero-order valence-corrected chi connectivity index (χ0v) is 14.5. The maximum Gasteiger partial charge on any atom is 0.224 e. The highest BCUT2D eigenvalue weighted by Gasteiger charge is 2.19. The second-order valence-electron chi connectivity index (χ2n) is 6.35. The molecule has 2 N–H and O–H groups in total. The third-order valence-corrected chi connectivity index (χ3v) is 4.43. The van der Waals surface area contributed by atoms with E-state index in [1.165, 1.54) is 6.07 Å². The van der Waals surface area contributed by atoms with Crippen LogP contribution in [0.25, 0.3) is 11.4 Å². The van der Waals surface area contributed by atoms with Crippen LogP contribution in [-0.2, 0) is 17.8 Å². The van der Waals surface area contributed by atoms with Gasteiger partial charge in [-0.05, 0) is 51.1 Å². The molecule has 0 aliphatic carbocycles. The maximum atomic E-state index is 14.4. The number of nitrogens with one attached hydrogen (secondary N) is 2. The summed E-state index contributed by atoms with van der Waals surface area (Å²) >= 11 is 0. The number of hydrogen-bond donors (Lipinski definition) is 2. The highest BCUT2D eigenvalue weighted by molar-refractivity contribution is 5.91. The van der Waals surface area contributed by atoms with Crippen LogP contribution in [0.2, 0.25) is 0 Å². The van der Waals surface area contributed by atoms with Crippen LogP contribution in [-0.4, -0.2) is 34.3 Å². The van der Waals surface area contributed by atoms with Crippen LogP contribution >= 0.6 is 0 Å². The van der Waals surface area contributed by atoms with E-state index in [-0.39, 0.29) is 11.7 Å². The van der Waals surface area contributed by atoms with E-state index in [0.29, 0.717) is 23.5 Å². The van der Waals surface area contributed by atoms with Crippen molar-refractivity contribution < 1.29 is 9.18 Å². The van der Waals surface area contributed by atoms with Gasteiger partial charge in [0.1, 0.15) is 11.6 Å². The first-order valence-electron chi connectivity index (χ1n) is 8.85. The van der Waals surface area contributed by atoms with Crippen molar-refractivity contribution in [2.75, 3.05) is 18.9 Å². The third kappa shape index (κ3) is 4.22. The molecule has 134 valence electrons. The molecule has 2 aromatic rings. The molecule has 1 aliphatic heterocycles. The summed E-state index contributed by atoms with van der Waals surface area (Å²) in [4.78, 5) is 12.0. The van der Waals surface area contributed by atoms with Crippen LogP contribution < -0.4 is 10.6 Å². The second-order valence-corrected chi connectivity index (χ2v) is 6.35. The Kier molecular flexibility index (Phi) is 5.75. The number of halogens is 1. The average Bonchev–Trinajstić information content (AvgIpc) is 2.85. The minimum absolute atomic E-state index is 0.0760. The fourth-order valence-electron chi connectivity index (χ4n) is 3.11. The minimum atomic E-state index is -0.354. The van der Waals surface area contributed by atoms with Crippen molar-refractivity contribution in [2.45, 2.75) is 45.1 Å². The highest BCUT2D eigenvalue weighted by Crippen LogP contribution is 2.27. The number of aryl methyl sites for hydroxylation is 1. The number of aromatic nitrogens is 3. The molecule has 0 fully saturated rings. The molecule has 7 heteroatoms. The Morgan fingerprint density at radius 3 is 3.00 bits per heavy atom. The molecule has 1 aromatic heterocycles. The molecule has 0 saturated carbocycles. The Morgan fingerprint density at radius 1 is 1.28 bits per heavy atom. The molecule has 6 nitrogen and oxygen atoms in total. The zero-order chi connectivity index (χ0) is 17.6. The first kappa shape index (κ1) is 17.5. The Hall–Kier alpha value is -2.28. The van der Waals surface area contributed by atoms with E-state index in [4.69, 9.17) is 0 Å². The molecule has 25 heavy (non-hydrogen) atoms. The summed E-state index contributed by atoms with van der Waals surface area (Å²) in [6.07, 6.45) is 5.33. The first-order valence-corrected chi connectivity index (χ1v) is 8.85. The number of carbonyl (C=O) groups excluding carboxylic acids is 1. The second kappa shape index (κ2) is 8.20. The van der Waals surface area contributed by atoms with E-state index in [1.807, 2.05) is 11.6 Å². The molecule has 0 radical (unpaired) electrons. The van der Waals surface area contributed by atoms with Gasteiger partial charge in [-0.3, -0.25) is 4.79 Å². The van der Waals surface area contributed by atoms with E-state index in [9.17, 15) is 9.18 Å². The van der Waals surface area contributed by atoms with E-state index in [2.05, 4.69) is 20.8 Å². The lowest BCUT2D eigenvalue weighted by Gasteiger charge is -2.10. The number of anilines is 1. The predicted molar refractivity (Wildman–Crippen MR) is 94.8 cm³/mol. The van der Waals surface area contributed by atoms with Crippen molar-refractivity contribution in [3.8, 4) is 11.4 Å². The smallest absolute Gasteiger partial charge is 0.224 e. The van der Waals surface area contributed by atoms with Gasteiger partial charge in [-0.15, -0.1) is 10.2 Å². The number of hydrogen-bond acceptors (Lipinski definition) is 4. The van der Waals surface area contributed by atoms with Crippen molar-refractivity contribution >= 4 is 11.6 Å². The van der Waals surface area contributed by atoms with Gasteiger partial charge < -0.3 is 15.2 Å². The number of rotatable bonds is 6. The Morgan fingerprint density at radius 2 is 2.16 bits per heavy atom. The van der Waals surface area contributed by atoms with Crippen molar-refractivity contribution in [1.82, 2.24) is 20.1 Å². The fourth-order valence-corrected chi connectivity index (χ4v) is 3.11. The van der Waals surface area contributed by atoms with E-state index in [0.717, 1.165) is 51.0 Å². The van der Waals surface area contributed by atoms with Gasteiger partial charge in [0.2, 0.25) is 5.91 Å². The quantitative estimate of drug-likeness (QED) is 0.790. The maximum absolute atomic E-state index is 14.4. The molecule has 3 rings (SSSR count). The van der Waals surface area contributed by atoms with Crippen molar-refractivity contribution in [1.29, 1.82) is 0 Å². The number of carbonyl (C=O) groups is 1. The Bertz CT molecular complexity index is 743. The number of fused-ring (bicyclic) bond motifs is 1. The molecule has 1 aliphatic rings. The van der Waals surface area contributed by atoms with Crippen LogP contribution in [0.4, 0.5) is 10.1 Å². The normalized spacial score (nSPS) is 14.0. The standard InChI is InChI=1S/C18H24FN5O/c1-20-10-5-7-17(25)21-13-8-9-15(19)14(12-13)18-23-22-16-6-3-2-4-11-24(16)18/h8-9,12,20H,2-7,10-11H2,1H3,(H,21,25). The molecular formula is C18H24FN5O. The van der Waals surface area contributed by atoms with Crippen molar-refractivity contribution in [3.63, 3.8) is 0 Å². The molecule has 1 amide bonds. The molecule has 1 aromatic carbocycles. The van der Waals surface area contributed by atoms with Crippen LogP contribution in [0.3, 0.4) is 0 Å². The van der Waals surface area contributed by atoms with E-state index < -0.39 is 0 Å². The van der Waals surface area contributed by atoms with Crippen molar-refractivity contribution in [3.05, 3.63) is 29.8 Å². The average molecular weight is 345 g/mol. The molecule has 0 atom stereocenters. The predicted octanol–water partition coefficient (Wildman–Crippen LogP) is 2.75. The number of nitrogens with zero attached hydrogens (tertiary/aromatic N) is 3.